The fraction of sp³-hybridized carbons (Fsp3) is 0.469. The van der Waals surface area contributed by atoms with Crippen molar-refractivity contribution in [3.63, 3.8) is 0 Å². The van der Waals surface area contributed by atoms with Crippen LogP contribution >= 0.6 is 0 Å². The van der Waals surface area contributed by atoms with Crippen LogP contribution in [0.1, 0.15) is 136 Å². The van der Waals surface area contributed by atoms with Crippen molar-refractivity contribution in [3.8, 4) is 0 Å². The number of anilines is 1. The first-order valence-electron chi connectivity index (χ1n) is 21.2. The number of allylic oxidation sites excluding steroid dienone is 20. The van der Waals surface area contributed by atoms with Crippen molar-refractivity contribution in [2.45, 2.75) is 142 Å². The van der Waals surface area contributed by atoms with Gasteiger partial charge in [0.05, 0.1) is 6.10 Å². The molecule has 310 valence electrons. The number of ether oxygens (including phenoxy) is 2. The van der Waals surface area contributed by atoms with Gasteiger partial charge in [-0.05, 0) is 109 Å². The number of nitrogens with one attached hydrogen (secondary N) is 1. The van der Waals surface area contributed by atoms with Crippen molar-refractivity contribution in [2.75, 3.05) is 11.9 Å². The van der Waals surface area contributed by atoms with Gasteiger partial charge in [0.25, 0.3) is 0 Å². The summed E-state index contributed by atoms with van der Waals surface area (Å²) in [4.78, 5) is 41.5. The standard InChI is InChI=1S/C49H69N3O5/c1-3-5-7-9-11-13-15-17-19-21-23-25-27-29-31-33-35-37-46(53)50-45-41-42-52(49(55)51-45)47-40-39-44(57-47)43-56-48(54)38-36-34-32-30-28-26-24-22-20-18-16-14-12-10-8-6-4-2/h5-8,11-14,17-20,23-26,29-32,41-42,44,47H,3-4,9-10,15-16,21-22,27-28,33-40,43H2,1-2H3,(H,50,51,53,55)/t44-,47-/m0/s1. The summed E-state index contributed by atoms with van der Waals surface area (Å²) in [5, 5.41) is 2.72. The van der Waals surface area contributed by atoms with Gasteiger partial charge in [0.15, 0.2) is 0 Å². The van der Waals surface area contributed by atoms with Crippen LogP contribution in [-0.2, 0) is 19.1 Å². The van der Waals surface area contributed by atoms with Crippen molar-refractivity contribution < 1.29 is 19.1 Å². The summed E-state index contributed by atoms with van der Waals surface area (Å²) in [5.74, 6) is -0.195. The number of esters is 1. The maximum absolute atomic E-state index is 12.7. The molecule has 1 aliphatic rings. The minimum Gasteiger partial charge on any atom is -0.463 e. The Balaban J connectivity index is 1.52. The minimum absolute atomic E-state index is 0.160. The van der Waals surface area contributed by atoms with Crippen LogP contribution in [0.25, 0.3) is 0 Å². The van der Waals surface area contributed by atoms with E-state index >= 15 is 0 Å². The van der Waals surface area contributed by atoms with Crippen molar-refractivity contribution in [1.29, 1.82) is 0 Å². The smallest absolute Gasteiger partial charge is 0.351 e. The monoisotopic (exact) mass is 780 g/mol. The Morgan fingerprint density at radius 2 is 1.11 bits per heavy atom. The Kier molecular flexibility index (Phi) is 29.2. The lowest BCUT2D eigenvalue weighted by atomic mass is 10.2. The van der Waals surface area contributed by atoms with Crippen LogP contribution in [0.5, 0.6) is 0 Å². The molecule has 1 aromatic rings. The molecule has 0 bridgehead atoms. The molecular weight excluding hydrogens is 711 g/mol. The largest absolute Gasteiger partial charge is 0.463 e. The second-order valence-electron chi connectivity index (χ2n) is 13.7. The zero-order valence-corrected chi connectivity index (χ0v) is 34.7. The van der Waals surface area contributed by atoms with Gasteiger partial charge in [-0.25, -0.2) is 4.79 Å². The molecule has 1 aromatic heterocycles. The van der Waals surface area contributed by atoms with Crippen LogP contribution in [0.4, 0.5) is 5.82 Å². The summed E-state index contributed by atoms with van der Waals surface area (Å²) in [6, 6.07) is 1.61. The maximum atomic E-state index is 12.7. The van der Waals surface area contributed by atoms with Crippen molar-refractivity contribution in [2.24, 2.45) is 0 Å². The molecule has 0 unspecified atom stereocenters. The highest BCUT2D eigenvalue weighted by Crippen LogP contribution is 2.27. The first-order valence-corrected chi connectivity index (χ1v) is 21.2. The van der Waals surface area contributed by atoms with Crippen molar-refractivity contribution in [3.05, 3.63) is 144 Å². The van der Waals surface area contributed by atoms with E-state index in [0.717, 1.165) is 83.5 Å². The maximum Gasteiger partial charge on any atom is 0.351 e. The summed E-state index contributed by atoms with van der Waals surface area (Å²) < 4.78 is 12.9. The Labute approximate surface area is 343 Å². The number of carbonyl (C=O) groups excluding carboxylic acids is 2. The topological polar surface area (TPSA) is 99.5 Å². The third-order valence-electron chi connectivity index (χ3n) is 8.76. The number of hydrogen-bond acceptors (Lipinski definition) is 6. The number of hydrogen-bond donors (Lipinski definition) is 1. The molecule has 0 aromatic carbocycles. The average molecular weight is 780 g/mol. The molecule has 57 heavy (non-hydrogen) atoms. The highest BCUT2D eigenvalue weighted by molar-refractivity contribution is 5.89. The fourth-order valence-electron chi connectivity index (χ4n) is 5.66. The summed E-state index contributed by atoms with van der Waals surface area (Å²) in [6.45, 7) is 4.45. The lowest BCUT2D eigenvalue weighted by molar-refractivity contribution is -0.148. The summed E-state index contributed by atoms with van der Waals surface area (Å²) >= 11 is 0. The normalized spacial score (nSPS) is 16.7. The number of carbonyl (C=O) groups is 2. The second-order valence-corrected chi connectivity index (χ2v) is 13.7. The molecule has 0 spiro atoms. The molecule has 1 fully saturated rings. The number of aromatic nitrogens is 2. The first-order chi connectivity index (χ1) is 28.0. The van der Waals surface area contributed by atoms with Crippen LogP contribution in [-0.4, -0.2) is 34.1 Å². The molecule has 2 heterocycles. The quantitative estimate of drug-likeness (QED) is 0.0474. The molecule has 1 saturated heterocycles. The van der Waals surface area contributed by atoms with Crippen LogP contribution in [0, 0.1) is 0 Å². The Bertz CT molecular complexity index is 1600. The molecule has 8 heteroatoms. The number of nitrogens with zero attached hydrogens (tertiary/aromatic N) is 2. The van der Waals surface area contributed by atoms with Crippen molar-refractivity contribution >= 4 is 17.7 Å². The second kappa shape index (κ2) is 34.4. The van der Waals surface area contributed by atoms with Crippen LogP contribution < -0.4 is 11.0 Å². The predicted octanol–water partition coefficient (Wildman–Crippen LogP) is 12.2. The van der Waals surface area contributed by atoms with Crippen LogP contribution in [0.2, 0.25) is 0 Å². The Morgan fingerprint density at radius 3 is 1.56 bits per heavy atom. The van der Waals surface area contributed by atoms with E-state index in [9.17, 15) is 14.4 Å². The zero-order valence-electron chi connectivity index (χ0n) is 34.7. The van der Waals surface area contributed by atoms with E-state index in [1.807, 2.05) is 0 Å². The van der Waals surface area contributed by atoms with Gasteiger partial charge in [-0.2, -0.15) is 4.98 Å². The van der Waals surface area contributed by atoms with Gasteiger partial charge in [-0.1, -0.05) is 135 Å². The molecule has 8 nitrogen and oxygen atoms in total. The predicted molar refractivity (Wildman–Crippen MR) is 238 cm³/mol. The third kappa shape index (κ3) is 26.6. The van der Waals surface area contributed by atoms with Crippen LogP contribution in [0.3, 0.4) is 0 Å². The fourth-order valence-corrected chi connectivity index (χ4v) is 5.66. The van der Waals surface area contributed by atoms with E-state index in [4.69, 9.17) is 9.47 Å². The van der Waals surface area contributed by atoms with Gasteiger partial charge < -0.3 is 14.8 Å². The Morgan fingerprint density at radius 1 is 0.667 bits per heavy atom. The van der Waals surface area contributed by atoms with E-state index in [1.54, 1.807) is 12.3 Å². The number of unbranched alkanes of at least 4 members (excludes halogenated alkanes) is 2. The molecule has 0 aliphatic carbocycles. The van der Waals surface area contributed by atoms with Gasteiger partial charge in [-0.15, -0.1) is 0 Å². The van der Waals surface area contributed by atoms with Gasteiger partial charge in [0.2, 0.25) is 5.91 Å². The highest BCUT2D eigenvalue weighted by Gasteiger charge is 2.28. The molecule has 0 radical (unpaired) electrons. The molecule has 2 rings (SSSR count). The molecular formula is C49H69N3O5. The van der Waals surface area contributed by atoms with Crippen LogP contribution in [0.15, 0.2) is 139 Å². The molecule has 1 amide bonds. The molecule has 1 N–H and O–H groups in total. The average Bonchev–Trinajstić information content (AvgIpc) is 3.68. The Hall–Kier alpha value is -4.82. The van der Waals surface area contributed by atoms with Gasteiger partial charge in [0, 0.05) is 19.0 Å². The highest BCUT2D eigenvalue weighted by atomic mass is 16.6. The number of rotatable bonds is 30. The number of amides is 1. The molecule has 1 aliphatic heterocycles. The summed E-state index contributed by atoms with van der Waals surface area (Å²) in [7, 11) is 0. The van der Waals surface area contributed by atoms with Crippen molar-refractivity contribution in [1.82, 2.24) is 9.55 Å². The molecule has 0 saturated carbocycles. The molecule has 2 atom stereocenters. The lowest BCUT2D eigenvalue weighted by Gasteiger charge is -2.16. The van der Waals surface area contributed by atoms with E-state index in [0.29, 0.717) is 32.1 Å². The van der Waals surface area contributed by atoms with Gasteiger partial charge in [-0.3, -0.25) is 14.2 Å². The van der Waals surface area contributed by atoms with E-state index in [-0.39, 0.29) is 30.4 Å². The van der Waals surface area contributed by atoms with Gasteiger partial charge >= 0.3 is 11.7 Å². The van der Waals surface area contributed by atoms with Gasteiger partial charge in [0.1, 0.15) is 18.7 Å². The minimum atomic E-state index is -0.496. The summed E-state index contributed by atoms with van der Waals surface area (Å²) in [5.41, 5.74) is -0.496. The zero-order chi connectivity index (χ0) is 40.9. The van der Waals surface area contributed by atoms with E-state index < -0.39 is 11.9 Å². The summed E-state index contributed by atoms with van der Waals surface area (Å²) in [6.07, 6.45) is 58.9. The SMILES string of the molecule is CCC=CCC=CCC=CCC=CCC=CCCCC(=O)Nc1ccn([C@@H]2CC[C@@H](COC(=O)CCCC=CCC=CCC=CCC=CCC=CCC)O2)c(=O)n1. The third-order valence-corrected chi connectivity index (χ3v) is 8.76. The first kappa shape index (κ1) is 48.3. The lowest BCUT2D eigenvalue weighted by Crippen LogP contribution is -2.29. The van der Waals surface area contributed by atoms with E-state index in [1.165, 1.54) is 4.57 Å². The van der Waals surface area contributed by atoms with E-state index in [2.05, 4.69) is 146 Å².